The van der Waals surface area contributed by atoms with Gasteiger partial charge in [0.15, 0.2) is 5.96 Å². The van der Waals surface area contributed by atoms with Crippen LogP contribution >= 0.6 is 46.9 Å². The summed E-state index contributed by atoms with van der Waals surface area (Å²) in [5, 5.41) is 16.4. The van der Waals surface area contributed by atoms with E-state index in [1.165, 1.54) is 23.5 Å². The van der Waals surface area contributed by atoms with E-state index in [-0.39, 0.29) is 36.3 Å². The fourth-order valence-electron chi connectivity index (χ4n) is 2.13. The van der Waals surface area contributed by atoms with Gasteiger partial charge >= 0.3 is 0 Å². The first-order valence-corrected chi connectivity index (χ1v) is 8.98. The third-order valence-corrected chi connectivity index (χ3v) is 4.62. The summed E-state index contributed by atoms with van der Waals surface area (Å²) >= 11 is 7.22. The average Bonchev–Trinajstić information content (AvgIpc) is 2.99. The summed E-state index contributed by atoms with van der Waals surface area (Å²) < 4.78 is 13.8. The summed E-state index contributed by atoms with van der Waals surface area (Å²) in [5.41, 5.74) is 0.923. The molecule has 8 heteroatoms. The Morgan fingerprint density at radius 1 is 1.32 bits per heavy atom. The van der Waals surface area contributed by atoms with E-state index in [2.05, 4.69) is 15.6 Å². The molecule has 3 N–H and O–H groups in total. The molecule has 0 fully saturated rings. The van der Waals surface area contributed by atoms with Gasteiger partial charge in [-0.25, -0.2) is 4.39 Å². The molecular weight excluding hydrogens is 476 g/mol. The predicted molar refractivity (Wildman–Crippen MR) is 114 cm³/mol. The molecule has 4 nitrogen and oxygen atoms in total. The second kappa shape index (κ2) is 11.7. The minimum atomic E-state index is -0.679. The molecule has 25 heavy (non-hydrogen) atoms. The SMILES string of the molecule is CCNC(=NCC(O)c1ccc(Cl)s1)NCCc1cccc(F)c1.I. The van der Waals surface area contributed by atoms with Crippen molar-refractivity contribution in [3.8, 4) is 0 Å². The number of hydrogen-bond acceptors (Lipinski definition) is 3. The minimum Gasteiger partial charge on any atom is -0.386 e. The van der Waals surface area contributed by atoms with E-state index in [0.29, 0.717) is 29.8 Å². The zero-order valence-electron chi connectivity index (χ0n) is 13.8. The Kier molecular flexibility index (Phi) is 10.3. The molecule has 0 amide bonds. The average molecular weight is 498 g/mol. The molecule has 0 radical (unpaired) electrons. The third-order valence-electron chi connectivity index (χ3n) is 3.28. The monoisotopic (exact) mass is 497 g/mol. The number of guanidine groups is 1. The summed E-state index contributed by atoms with van der Waals surface area (Å²) in [6, 6.07) is 10.1. The van der Waals surface area contributed by atoms with Gasteiger partial charge in [-0.2, -0.15) is 0 Å². The van der Waals surface area contributed by atoms with Crippen LogP contribution in [-0.4, -0.2) is 30.7 Å². The molecule has 138 valence electrons. The Balaban J connectivity index is 0.00000312. The molecule has 1 atom stereocenters. The van der Waals surface area contributed by atoms with Gasteiger partial charge in [-0.15, -0.1) is 35.3 Å². The maximum Gasteiger partial charge on any atom is 0.191 e. The molecule has 1 aromatic heterocycles. The van der Waals surface area contributed by atoms with Crippen molar-refractivity contribution in [3.05, 3.63) is 57.0 Å². The molecule has 1 heterocycles. The van der Waals surface area contributed by atoms with E-state index in [1.807, 2.05) is 13.0 Å². The first-order chi connectivity index (χ1) is 11.6. The molecule has 0 aliphatic rings. The van der Waals surface area contributed by atoms with Crippen molar-refractivity contribution >= 4 is 52.9 Å². The van der Waals surface area contributed by atoms with E-state index in [9.17, 15) is 9.50 Å². The molecule has 1 aromatic carbocycles. The van der Waals surface area contributed by atoms with Crippen LogP contribution in [0, 0.1) is 5.82 Å². The number of halogens is 3. The maximum absolute atomic E-state index is 13.2. The highest BCUT2D eigenvalue weighted by Crippen LogP contribution is 2.26. The van der Waals surface area contributed by atoms with Crippen molar-refractivity contribution in [3.63, 3.8) is 0 Å². The molecule has 2 rings (SSSR count). The lowest BCUT2D eigenvalue weighted by Crippen LogP contribution is -2.38. The Morgan fingerprint density at radius 3 is 2.76 bits per heavy atom. The van der Waals surface area contributed by atoms with Crippen LogP contribution < -0.4 is 10.6 Å². The second-order valence-corrected chi connectivity index (χ2v) is 6.93. The van der Waals surface area contributed by atoms with Crippen LogP contribution in [0.15, 0.2) is 41.4 Å². The first kappa shape index (κ1) is 22.1. The van der Waals surface area contributed by atoms with Crippen LogP contribution in [0.3, 0.4) is 0 Å². The molecule has 0 saturated heterocycles. The van der Waals surface area contributed by atoms with Crippen LogP contribution in [0.4, 0.5) is 4.39 Å². The lowest BCUT2D eigenvalue weighted by molar-refractivity contribution is 0.191. The van der Waals surface area contributed by atoms with Gasteiger partial charge in [0.1, 0.15) is 11.9 Å². The smallest absolute Gasteiger partial charge is 0.191 e. The first-order valence-electron chi connectivity index (χ1n) is 7.78. The van der Waals surface area contributed by atoms with E-state index >= 15 is 0 Å². The molecule has 0 spiro atoms. The summed E-state index contributed by atoms with van der Waals surface area (Å²) in [6.45, 7) is 3.55. The van der Waals surface area contributed by atoms with Crippen LogP contribution in [0.25, 0.3) is 0 Å². The topological polar surface area (TPSA) is 56.7 Å². The van der Waals surface area contributed by atoms with E-state index < -0.39 is 6.10 Å². The summed E-state index contributed by atoms with van der Waals surface area (Å²) in [6.07, 6.45) is 0.00631. The van der Waals surface area contributed by atoms with Crippen LogP contribution in [0.2, 0.25) is 4.34 Å². The molecule has 0 aliphatic heterocycles. The highest BCUT2D eigenvalue weighted by Gasteiger charge is 2.10. The number of aliphatic imine (C=N–C) groups is 1. The number of aliphatic hydroxyl groups excluding tert-OH is 1. The van der Waals surface area contributed by atoms with Crippen LogP contribution in [0.5, 0.6) is 0 Å². The van der Waals surface area contributed by atoms with Gasteiger partial charge in [0.2, 0.25) is 0 Å². The molecular formula is C17H22ClFIN3OS. The van der Waals surface area contributed by atoms with E-state index in [0.717, 1.165) is 10.4 Å². The summed E-state index contributed by atoms with van der Waals surface area (Å²) in [4.78, 5) is 5.17. The van der Waals surface area contributed by atoms with Gasteiger partial charge in [0, 0.05) is 18.0 Å². The normalized spacial score (nSPS) is 12.4. The maximum atomic E-state index is 13.2. The number of rotatable bonds is 7. The summed E-state index contributed by atoms with van der Waals surface area (Å²) in [7, 11) is 0. The second-order valence-electron chi connectivity index (χ2n) is 5.18. The van der Waals surface area contributed by atoms with Crippen molar-refractivity contribution in [2.24, 2.45) is 4.99 Å². The predicted octanol–water partition coefficient (Wildman–Crippen LogP) is 3.99. The van der Waals surface area contributed by atoms with Crippen molar-refractivity contribution in [1.29, 1.82) is 0 Å². The molecule has 2 aromatic rings. The quantitative estimate of drug-likeness (QED) is 0.308. The van der Waals surface area contributed by atoms with Crippen molar-refractivity contribution in [1.82, 2.24) is 10.6 Å². The van der Waals surface area contributed by atoms with Gasteiger partial charge < -0.3 is 15.7 Å². The lowest BCUT2D eigenvalue weighted by atomic mass is 10.1. The number of thiophene rings is 1. The lowest BCUT2D eigenvalue weighted by Gasteiger charge is -2.12. The zero-order chi connectivity index (χ0) is 17.4. The fourth-order valence-corrected chi connectivity index (χ4v) is 3.17. The van der Waals surface area contributed by atoms with Gasteiger partial charge in [0.25, 0.3) is 0 Å². The van der Waals surface area contributed by atoms with Crippen LogP contribution in [-0.2, 0) is 6.42 Å². The van der Waals surface area contributed by atoms with Gasteiger partial charge in [-0.1, -0.05) is 23.7 Å². The van der Waals surface area contributed by atoms with Crippen molar-refractivity contribution in [2.75, 3.05) is 19.6 Å². The van der Waals surface area contributed by atoms with Crippen molar-refractivity contribution in [2.45, 2.75) is 19.4 Å². The minimum absolute atomic E-state index is 0. The number of aliphatic hydroxyl groups is 1. The standard InChI is InChI=1S/C17H21ClFN3OS.HI/c1-2-20-17(21-9-8-12-4-3-5-13(19)10-12)22-11-14(23)15-6-7-16(18)24-15;/h3-7,10,14,23H,2,8-9,11H2,1H3,(H2,20,21,22);1H. The largest absolute Gasteiger partial charge is 0.386 e. The number of hydrogen-bond donors (Lipinski definition) is 3. The van der Waals surface area contributed by atoms with Gasteiger partial charge in [0.05, 0.1) is 10.9 Å². The third kappa shape index (κ3) is 7.89. The summed E-state index contributed by atoms with van der Waals surface area (Å²) in [5.74, 6) is 0.390. The number of nitrogens with zero attached hydrogens (tertiary/aromatic N) is 1. The Bertz CT molecular complexity index is 683. The zero-order valence-corrected chi connectivity index (χ0v) is 17.7. The van der Waals surface area contributed by atoms with E-state index in [1.54, 1.807) is 18.2 Å². The molecule has 0 aliphatic carbocycles. The number of nitrogens with one attached hydrogen (secondary N) is 2. The molecule has 1 unspecified atom stereocenters. The molecule has 0 bridgehead atoms. The highest BCUT2D eigenvalue weighted by molar-refractivity contribution is 14.0. The van der Waals surface area contributed by atoms with Gasteiger partial charge in [-0.05, 0) is 43.2 Å². The Hall–Kier alpha value is -0.900. The highest BCUT2D eigenvalue weighted by atomic mass is 127. The van der Waals surface area contributed by atoms with Crippen LogP contribution in [0.1, 0.15) is 23.5 Å². The van der Waals surface area contributed by atoms with E-state index in [4.69, 9.17) is 11.6 Å². The Morgan fingerprint density at radius 2 is 2.12 bits per heavy atom. The fraction of sp³-hybridized carbons (Fsp3) is 0.353. The molecule has 0 saturated carbocycles. The number of benzene rings is 1. The van der Waals surface area contributed by atoms with Gasteiger partial charge in [-0.3, -0.25) is 4.99 Å². The Labute approximate surface area is 173 Å². The van der Waals surface area contributed by atoms with Crippen molar-refractivity contribution < 1.29 is 9.50 Å².